The van der Waals surface area contributed by atoms with Gasteiger partial charge in [-0.3, -0.25) is 0 Å². The molecule has 0 spiro atoms. The second-order valence-electron chi connectivity index (χ2n) is 5.33. The number of rotatable bonds is 2. The Balaban J connectivity index is 2.37. The topological polar surface area (TPSA) is 52.6 Å². The van der Waals surface area contributed by atoms with Crippen LogP contribution in [0.3, 0.4) is 0 Å². The molecule has 1 heterocycles. The van der Waals surface area contributed by atoms with Gasteiger partial charge in [-0.15, -0.1) is 0 Å². The summed E-state index contributed by atoms with van der Waals surface area (Å²) in [7, 11) is 1.60. The summed E-state index contributed by atoms with van der Waals surface area (Å²) < 4.78 is 33.5. The molecule has 0 fully saturated rings. The van der Waals surface area contributed by atoms with E-state index in [1.165, 1.54) is 6.07 Å². The van der Waals surface area contributed by atoms with Gasteiger partial charge in [-0.05, 0) is 17.7 Å². The van der Waals surface area contributed by atoms with Crippen LogP contribution in [0.2, 0.25) is 5.02 Å². The molecule has 1 aromatic rings. The first-order chi connectivity index (χ1) is 8.66. The van der Waals surface area contributed by atoms with Crippen molar-refractivity contribution in [3.8, 4) is 11.5 Å². The van der Waals surface area contributed by atoms with E-state index in [1.807, 2.05) is 13.8 Å². The maximum Gasteiger partial charge on any atom is 0.236 e. The molecule has 1 aromatic carbocycles. The van der Waals surface area contributed by atoms with Crippen LogP contribution in [-0.2, 0) is 14.8 Å². The van der Waals surface area contributed by atoms with Crippen molar-refractivity contribution in [2.75, 3.05) is 13.2 Å². The van der Waals surface area contributed by atoms with Crippen LogP contribution in [0.1, 0.15) is 19.4 Å². The Morgan fingerprint density at radius 3 is 2.53 bits per heavy atom. The Labute approximate surface area is 122 Å². The lowest BCUT2D eigenvalue weighted by Gasteiger charge is -2.19. The zero-order valence-corrected chi connectivity index (χ0v) is 12.9. The highest BCUT2D eigenvalue weighted by molar-refractivity contribution is 8.13. The summed E-state index contributed by atoms with van der Waals surface area (Å²) in [6, 6.07) is 3.13. The van der Waals surface area contributed by atoms with Crippen LogP contribution in [0, 0.1) is 5.41 Å². The van der Waals surface area contributed by atoms with Gasteiger partial charge in [0.05, 0.1) is 24.0 Å². The minimum atomic E-state index is -3.64. The molecule has 0 saturated heterocycles. The van der Waals surface area contributed by atoms with Crippen LogP contribution in [-0.4, -0.2) is 21.6 Å². The largest absolute Gasteiger partial charge is 0.489 e. The number of halogens is 2. The van der Waals surface area contributed by atoms with Gasteiger partial charge in [0.1, 0.15) is 0 Å². The van der Waals surface area contributed by atoms with Crippen LogP contribution >= 0.6 is 22.3 Å². The highest BCUT2D eigenvalue weighted by Crippen LogP contribution is 2.40. The van der Waals surface area contributed by atoms with E-state index in [-0.39, 0.29) is 11.2 Å². The van der Waals surface area contributed by atoms with E-state index >= 15 is 0 Å². The quantitative estimate of drug-likeness (QED) is 0.784. The Kier molecular flexibility index (Phi) is 3.91. The molecule has 4 nitrogen and oxygen atoms in total. The fraction of sp³-hybridized carbons (Fsp3) is 0.500. The summed E-state index contributed by atoms with van der Waals surface area (Å²) in [6.45, 7) is 4.97. The fourth-order valence-corrected chi connectivity index (χ4v) is 2.96. The molecule has 0 radical (unpaired) electrons. The molecule has 0 amide bonds. The van der Waals surface area contributed by atoms with Gasteiger partial charge >= 0.3 is 0 Å². The Bertz CT molecular complexity index is 596. The van der Waals surface area contributed by atoms with Crippen molar-refractivity contribution in [3.05, 3.63) is 22.7 Å². The number of hydrogen-bond donors (Lipinski definition) is 0. The van der Waals surface area contributed by atoms with Gasteiger partial charge in [0.25, 0.3) is 0 Å². The van der Waals surface area contributed by atoms with Crippen molar-refractivity contribution in [2.45, 2.75) is 19.6 Å². The molecule has 0 aromatic heterocycles. The summed E-state index contributed by atoms with van der Waals surface area (Å²) in [5.74, 6) is 0.602. The lowest BCUT2D eigenvalue weighted by molar-refractivity contribution is 0.140. The average molecular weight is 325 g/mol. The fourth-order valence-electron chi connectivity index (χ4n) is 1.73. The number of ether oxygens (including phenoxy) is 2. The van der Waals surface area contributed by atoms with E-state index in [2.05, 4.69) is 0 Å². The van der Waals surface area contributed by atoms with Crippen LogP contribution < -0.4 is 9.47 Å². The Morgan fingerprint density at radius 2 is 1.89 bits per heavy atom. The smallest absolute Gasteiger partial charge is 0.236 e. The maximum atomic E-state index is 11.1. The molecule has 0 saturated carbocycles. The summed E-state index contributed by atoms with van der Waals surface area (Å²) >= 11 is 6.10. The first kappa shape index (κ1) is 14.8. The highest BCUT2D eigenvalue weighted by Gasteiger charge is 2.27. The van der Waals surface area contributed by atoms with Crippen molar-refractivity contribution in [2.24, 2.45) is 5.41 Å². The molecule has 0 aliphatic carbocycles. The predicted octanol–water partition coefficient (Wildman–Crippen LogP) is 3.21. The predicted molar refractivity (Wildman–Crippen MR) is 74.7 cm³/mol. The normalized spacial score (nSPS) is 17.9. The zero-order chi connectivity index (χ0) is 14.3. The third kappa shape index (κ3) is 3.91. The first-order valence-electron chi connectivity index (χ1n) is 5.67. The zero-order valence-electron chi connectivity index (χ0n) is 10.6. The number of fused-ring (bicyclic) bond motifs is 1. The van der Waals surface area contributed by atoms with E-state index < -0.39 is 9.05 Å². The molecule has 0 bridgehead atoms. The van der Waals surface area contributed by atoms with E-state index in [4.69, 9.17) is 31.8 Å². The van der Waals surface area contributed by atoms with Gasteiger partial charge in [-0.2, -0.15) is 0 Å². The number of hydrogen-bond acceptors (Lipinski definition) is 4. The monoisotopic (exact) mass is 324 g/mol. The van der Waals surface area contributed by atoms with Gasteiger partial charge in [0, 0.05) is 16.1 Å². The highest BCUT2D eigenvalue weighted by atomic mass is 35.7. The molecule has 19 heavy (non-hydrogen) atoms. The summed E-state index contributed by atoms with van der Waals surface area (Å²) in [5, 5.41) is 0.325. The van der Waals surface area contributed by atoms with Gasteiger partial charge in [0.2, 0.25) is 9.05 Å². The second-order valence-corrected chi connectivity index (χ2v) is 8.51. The summed E-state index contributed by atoms with van der Waals surface area (Å²) in [5.41, 5.74) is 0.336. The van der Waals surface area contributed by atoms with E-state index in [0.29, 0.717) is 35.3 Å². The molecule has 2 rings (SSSR count). The van der Waals surface area contributed by atoms with Crippen molar-refractivity contribution < 1.29 is 17.9 Å². The van der Waals surface area contributed by atoms with Crippen molar-refractivity contribution >= 4 is 31.3 Å². The van der Waals surface area contributed by atoms with Crippen molar-refractivity contribution in [1.82, 2.24) is 0 Å². The first-order valence-corrected chi connectivity index (χ1v) is 8.52. The summed E-state index contributed by atoms with van der Waals surface area (Å²) in [4.78, 5) is 0. The maximum absolute atomic E-state index is 11.1. The molecule has 1 aliphatic rings. The molecule has 1 aliphatic heterocycles. The molecule has 106 valence electrons. The Hall–Kier alpha value is -0.650. The summed E-state index contributed by atoms with van der Waals surface area (Å²) in [6.07, 6.45) is 0. The SMILES string of the molecule is CC1(C)COc2cc(CS(=O)(=O)Cl)cc(Cl)c2OC1. The average Bonchev–Trinajstić information content (AvgIpc) is 2.36. The van der Waals surface area contributed by atoms with E-state index in [1.54, 1.807) is 6.07 Å². The van der Waals surface area contributed by atoms with Gasteiger partial charge < -0.3 is 9.47 Å². The van der Waals surface area contributed by atoms with Crippen LogP contribution in [0.5, 0.6) is 11.5 Å². The third-order valence-electron chi connectivity index (χ3n) is 2.63. The van der Waals surface area contributed by atoms with Gasteiger partial charge in [0.15, 0.2) is 11.5 Å². The second kappa shape index (κ2) is 5.04. The molecule has 7 heteroatoms. The van der Waals surface area contributed by atoms with Crippen LogP contribution in [0.15, 0.2) is 12.1 Å². The van der Waals surface area contributed by atoms with Gasteiger partial charge in [-0.1, -0.05) is 25.4 Å². The molecule has 0 N–H and O–H groups in total. The molecule has 0 atom stereocenters. The lowest BCUT2D eigenvalue weighted by atomic mass is 9.97. The third-order valence-corrected chi connectivity index (χ3v) is 3.92. The molecular formula is C12H14Cl2O4S. The lowest BCUT2D eigenvalue weighted by Crippen LogP contribution is -2.26. The molecular weight excluding hydrogens is 311 g/mol. The standard InChI is InChI=1S/C12H14Cl2O4S/c1-12(2)6-17-10-4-8(5-19(14,15)16)3-9(13)11(10)18-7-12/h3-4H,5-7H2,1-2H3. The minimum Gasteiger partial charge on any atom is -0.489 e. The van der Waals surface area contributed by atoms with Crippen LogP contribution in [0.25, 0.3) is 0 Å². The van der Waals surface area contributed by atoms with E-state index in [0.717, 1.165) is 0 Å². The minimum absolute atomic E-state index is 0.138. The number of benzene rings is 1. The van der Waals surface area contributed by atoms with Crippen molar-refractivity contribution in [3.63, 3.8) is 0 Å². The van der Waals surface area contributed by atoms with Gasteiger partial charge in [-0.25, -0.2) is 8.42 Å². The Morgan fingerprint density at radius 1 is 1.26 bits per heavy atom. The van der Waals surface area contributed by atoms with Crippen molar-refractivity contribution in [1.29, 1.82) is 0 Å². The van der Waals surface area contributed by atoms with E-state index in [9.17, 15) is 8.42 Å². The molecule has 0 unspecified atom stereocenters. The van der Waals surface area contributed by atoms with Crippen LogP contribution in [0.4, 0.5) is 0 Å².